The highest BCUT2D eigenvalue weighted by molar-refractivity contribution is 5.40. The van der Waals surface area contributed by atoms with E-state index in [4.69, 9.17) is 0 Å². The van der Waals surface area contributed by atoms with Crippen molar-refractivity contribution in [3.8, 4) is 12.1 Å². The molecule has 0 radical (unpaired) electrons. The van der Waals surface area contributed by atoms with E-state index in [1.165, 1.54) is 19.4 Å². The Morgan fingerprint density at radius 2 is 1.48 bits per heavy atom. The van der Waals surface area contributed by atoms with Crippen molar-refractivity contribution < 1.29 is 0 Å². The van der Waals surface area contributed by atoms with Crippen LogP contribution in [0.15, 0.2) is 11.4 Å². The van der Waals surface area contributed by atoms with Crippen LogP contribution in [-0.4, -0.2) is 110 Å². The first-order chi connectivity index (χ1) is 14.1. The van der Waals surface area contributed by atoms with Crippen LogP contribution in [0.1, 0.15) is 32.6 Å². The second-order valence-corrected chi connectivity index (χ2v) is 8.78. The van der Waals surface area contributed by atoms with Crippen LogP contribution in [0.25, 0.3) is 0 Å². The number of nitrogens with zero attached hydrogens (tertiary/aromatic N) is 7. The van der Waals surface area contributed by atoms with Crippen molar-refractivity contribution in [2.75, 3.05) is 79.0 Å². The van der Waals surface area contributed by atoms with Crippen molar-refractivity contribution in [1.82, 2.24) is 24.5 Å². The van der Waals surface area contributed by atoms with Gasteiger partial charge in [0.15, 0.2) is 5.57 Å². The smallest absolute Gasteiger partial charge is 0.169 e. The fourth-order valence-corrected chi connectivity index (χ4v) is 4.88. The van der Waals surface area contributed by atoms with E-state index in [0.717, 1.165) is 84.1 Å². The number of likely N-dealkylation sites (tertiary alicyclic amines) is 1. The monoisotopic (exact) mass is 399 g/mol. The average molecular weight is 400 g/mol. The van der Waals surface area contributed by atoms with Crippen molar-refractivity contribution >= 4 is 0 Å². The van der Waals surface area contributed by atoms with Gasteiger partial charge in [0.05, 0.1) is 0 Å². The maximum absolute atomic E-state index is 9.50. The van der Waals surface area contributed by atoms with E-state index >= 15 is 0 Å². The first-order valence-electron chi connectivity index (χ1n) is 11.3. The summed E-state index contributed by atoms with van der Waals surface area (Å²) in [6, 6.07) is 4.99. The summed E-state index contributed by atoms with van der Waals surface area (Å²) in [7, 11) is 2.18. The first kappa shape index (κ1) is 21.9. The molecule has 0 aromatic heterocycles. The van der Waals surface area contributed by atoms with Gasteiger partial charge in [-0.05, 0) is 52.7 Å². The van der Waals surface area contributed by atoms with E-state index in [9.17, 15) is 10.5 Å². The Morgan fingerprint density at radius 3 is 2.03 bits per heavy atom. The molecule has 3 rings (SSSR count). The third kappa shape index (κ3) is 5.85. The number of rotatable bonds is 8. The van der Waals surface area contributed by atoms with Gasteiger partial charge in [-0.2, -0.15) is 10.5 Å². The number of likely N-dealkylation sites (N-methyl/N-ethyl adjacent to an activating group) is 1. The minimum atomic E-state index is 0.275. The third-order valence-corrected chi connectivity index (χ3v) is 6.75. The van der Waals surface area contributed by atoms with Crippen LogP contribution in [-0.2, 0) is 0 Å². The molecule has 0 aliphatic carbocycles. The summed E-state index contributed by atoms with van der Waals surface area (Å²) in [6.07, 6.45) is 4.79. The van der Waals surface area contributed by atoms with Crippen molar-refractivity contribution in [2.45, 2.75) is 38.6 Å². The Balaban J connectivity index is 1.50. The zero-order valence-corrected chi connectivity index (χ0v) is 18.3. The topological polar surface area (TPSA) is 63.8 Å². The molecule has 29 heavy (non-hydrogen) atoms. The Hall–Kier alpha value is -1.80. The highest BCUT2D eigenvalue weighted by Gasteiger charge is 2.28. The molecule has 0 bridgehead atoms. The number of piperazine rings is 1. The lowest BCUT2D eigenvalue weighted by Crippen LogP contribution is -2.45. The van der Waals surface area contributed by atoms with Gasteiger partial charge < -0.3 is 24.5 Å². The zero-order valence-electron chi connectivity index (χ0n) is 18.3. The number of hydrogen-bond donors (Lipinski definition) is 0. The molecule has 0 aromatic rings. The van der Waals surface area contributed by atoms with Crippen LogP contribution in [0.2, 0.25) is 0 Å². The van der Waals surface area contributed by atoms with E-state index in [-0.39, 0.29) is 5.57 Å². The molecule has 1 atom stereocenters. The molecule has 3 aliphatic rings. The minimum Gasteiger partial charge on any atom is -0.355 e. The molecule has 1 unspecified atom stereocenters. The summed E-state index contributed by atoms with van der Waals surface area (Å²) in [6.45, 7) is 14.0. The Kier molecular flexibility index (Phi) is 8.18. The van der Waals surface area contributed by atoms with Crippen LogP contribution in [0.3, 0.4) is 0 Å². The summed E-state index contributed by atoms with van der Waals surface area (Å²) in [4.78, 5) is 12.0. The maximum Gasteiger partial charge on any atom is 0.169 e. The normalized spacial score (nSPS) is 24.1. The summed E-state index contributed by atoms with van der Waals surface area (Å²) in [5.74, 6) is 0.878. The predicted octanol–water partition coefficient (Wildman–Crippen LogP) is 1.37. The van der Waals surface area contributed by atoms with Crippen LogP contribution in [0.4, 0.5) is 0 Å². The Bertz CT molecular complexity index is 623. The van der Waals surface area contributed by atoms with E-state index in [1.54, 1.807) is 0 Å². The predicted molar refractivity (Wildman–Crippen MR) is 115 cm³/mol. The molecule has 7 heteroatoms. The Morgan fingerprint density at radius 1 is 0.862 bits per heavy atom. The van der Waals surface area contributed by atoms with Gasteiger partial charge in [-0.3, -0.25) is 0 Å². The molecule has 3 saturated heterocycles. The SMILES string of the molecule is CC1CCCN1CCCN1CCN(CCCN2CCN(C)CC2)C1=C(C#N)C#N. The average Bonchev–Trinajstić information content (AvgIpc) is 3.31. The van der Waals surface area contributed by atoms with Gasteiger partial charge in [0.1, 0.15) is 18.0 Å². The highest BCUT2D eigenvalue weighted by Crippen LogP contribution is 2.23. The second kappa shape index (κ2) is 10.8. The van der Waals surface area contributed by atoms with Gasteiger partial charge in [0.2, 0.25) is 0 Å². The van der Waals surface area contributed by atoms with Crippen LogP contribution < -0.4 is 0 Å². The van der Waals surface area contributed by atoms with Gasteiger partial charge in [-0.25, -0.2) is 0 Å². The lowest BCUT2D eigenvalue weighted by Gasteiger charge is -2.33. The summed E-state index contributed by atoms with van der Waals surface area (Å²) in [5, 5.41) is 19.0. The van der Waals surface area contributed by atoms with Crippen LogP contribution in [0, 0.1) is 22.7 Å². The molecule has 3 heterocycles. The molecular formula is C22H37N7. The van der Waals surface area contributed by atoms with Gasteiger partial charge in [0, 0.05) is 64.9 Å². The van der Waals surface area contributed by atoms with E-state index in [0.29, 0.717) is 6.04 Å². The van der Waals surface area contributed by atoms with Crippen LogP contribution in [0.5, 0.6) is 0 Å². The summed E-state index contributed by atoms with van der Waals surface area (Å²) < 4.78 is 0. The molecular weight excluding hydrogens is 362 g/mol. The highest BCUT2D eigenvalue weighted by atomic mass is 15.4. The standard InChI is InChI=1S/C22H37N7/c1-20-6-3-8-27(20)9-5-11-29-17-16-28(22(29)21(18-23)19-24)10-4-7-26-14-12-25(2)13-15-26/h20H,3-17H2,1-2H3. The molecule has 0 aromatic carbocycles. The zero-order chi connectivity index (χ0) is 20.6. The largest absolute Gasteiger partial charge is 0.355 e. The number of allylic oxidation sites excluding steroid dienone is 1. The van der Waals surface area contributed by atoms with E-state index in [2.05, 4.69) is 50.6 Å². The molecule has 0 saturated carbocycles. The second-order valence-electron chi connectivity index (χ2n) is 8.78. The fraction of sp³-hybridized carbons (Fsp3) is 0.818. The summed E-state index contributed by atoms with van der Waals surface area (Å²) >= 11 is 0. The lowest BCUT2D eigenvalue weighted by atomic mass is 10.2. The Labute approximate surface area is 176 Å². The van der Waals surface area contributed by atoms with Crippen molar-refractivity contribution in [2.24, 2.45) is 0 Å². The van der Waals surface area contributed by atoms with Gasteiger partial charge in [-0.1, -0.05) is 0 Å². The van der Waals surface area contributed by atoms with Crippen molar-refractivity contribution in [3.63, 3.8) is 0 Å². The van der Waals surface area contributed by atoms with Gasteiger partial charge in [0.25, 0.3) is 0 Å². The lowest BCUT2D eigenvalue weighted by molar-refractivity contribution is 0.149. The fourth-order valence-electron chi connectivity index (χ4n) is 4.88. The molecule has 0 spiro atoms. The molecule has 7 nitrogen and oxygen atoms in total. The van der Waals surface area contributed by atoms with E-state index in [1.807, 2.05) is 0 Å². The molecule has 3 fully saturated rings. The van der Waals surface area contributed by atoms with Gasteiger partial charge >= 0.3 is 0 Å². The minimum absolute atomic E-state index is 0.275. The summed E-state index contributed by atoms with van der Waals surface area (Å²) in [5.41, 5.74) is 0.275. The van der Waals surface area contributed by atoms with E-state index < -0.39 is 0 Å². The van der Waals surface area contributed by atoms with Gasteiger partial charge in [-0.15, -0.1) is 0 Å². The quantitative estimate of drug-likeness (QED) is 0.571. The third-order valence-electron chi connectivity index (χ3n) is 6.75. The number of nitriles is 2. The molecule has 3 aliphatic heterocycles. The molecule has 0 N–H and O–H groups in total. The molecule has 0 amide bonds. The van der Waals surface area contributed by atoms with Crippen molar-refractivity contribution in [3.05, 3.63) is 11.4 Å². The van der Waals surface area contributed by atoms with Crippen molar-refractivity contribution in [1.29, 1.82) is 10.5 Å². The number of hydrogen-bond acceptors (Lipinski definition) is 7. The first-order valence-corrected chi connectivity index (χ1v) is 11.3. The van der Waals surface area contributed by atoms with Crippen LogP contribution >= 0.6 is 0 Å². The maximum atomic E-state index is 9.50. The molecule has 160 valence electrons.